The van der Waals surface area contributed by atoms with Crippen molar-refractivity contribution in [2.45, 2.75) is 32.2 Å². The quantitative estimate of drug-likeness (QED) is 0.278. The maximum Gasteiger partial charge on any atom is 0.335 e. The minimum atomic E-state index is -0.948. The van der Waals surface area contributed by atoms with Crippen molar-refractivity contribution < 1.29 is 19.4 Å². The molecule has 0 amide bonds. The van der Waals surface area contributed by atoms with Gasteiger partial charge in [0.15, 0.2) is 0 Å². The number of ether oxygens (including phenoxy) is 2. The standard InChI is InChI=1S/C29H26Cl2N4O4/c30-20-5-7-27(23(31)13-20)39-17-21-2-1-3-24(32-21)19-8-10-34(14-19)16-28-33-25-6-4-18(29(36)37)12-26(25)35(28)15-22-9-11-38-22/h1-8,12-13,22H,9-11,14-17H2,(H,36,37)/t22-/m0/s1. The zero-order valence-corrected chi connectivity index (χ0v) is 22.5. The first-order chi connectivity index (χ1) is 18.9. The largest absolute Gasteiger partial charge is 0.486 e. The fraction of sp³-hybridized carbons (Fsp3) is 0.276. The van der Waals surface area contributed by atoms with Crippen LogP contribution in [0.3, 0.4) is 0 Å². The van der Waals surface area contributed by atoms with Crippen LogP contribution in [0.4, 0.5) is 0 Å². The molecule has 0 saturated carbocycles. The summed E-state index contributed by atoms with van der Waals surface area (Å²) in [5.74, 6) is 0.508. The number of hydrogen-bond donors (Lipinski definition) is 1. The molecule has 1 fully saturated rings. The number of carbonyl (C=O) groups is 1. The van der Waals surface area contributed by atoms with Crippen LogP contribution in [0.2, 0.25) is 10.0 Å². The van der Waals surface area contributed by atoms with E-state index in [0.29, 0.717) is 28.9 Å². The molecule has 4 aromatic rings. The van der Waals surface area contributed by atoms with Crippen LogP contribution in [-0.2, 0) is 24.4 Å². The van der Waals surface area contributed by atoms with E-state index >= 15 is 0 Å². The van der Waals surface area contributed by atoms with Gasteiger partial charge >= 0.3 is 5.97 Å². The van der Waals surface area contributed by atoms with Crippen molar-refractivity contribution in [1.29, 1.82) is 0 Å². The summed E-state index contributed by atoms with van der Waals surface area (Å²) >= 11 is 12.2. The summed E-state index contributed by atoms with van der Waals surface area (Å²) in [6, 6.07) is 16.1. The number of aromatic nitrogens is 3. The molecule has 8 nitrogen and oxygen atoms in total. The fourth-order valence-corrected chi connectivity index (χ4v) is 5.32. The van der Waals surface area contributed by atoms with Crippen molar-refractivity contribution in [1.82, 2.24) is 19.4 Å². The lowest BCUT2D eigenvalue weighted by Crippen LogP contribution is -2.32. The summed E-state index contributed by atoms with van der Waals surface area (Å²) in [4.78, 5) is 23.5. The molecule has 2 aliphatic heterocycles. The molecule has 0 spiro atoms. The highest BCUT2D eigenvalue weighted by Crippen LogP contribution is 2.29. The summed E-state index contributed by atoms with van der Waals surface area (Å²) < 4.78 is 13.7. The lowest BCUT2D eigenvalue weighted by atomic mass is 10.1. The van der Waals surface area contributed by atoms with Gasteiger partial charge in [-0.3, -0.25) is 4.90 Å². The highest BCUT2D eigenvalue weighted by molar-refractivity contribution is 6.35. The van der Waals surface area contributed by atoms with Crippen LogP contribution < -0.4 is 4.74 Å². The Labute approximate surface area is 235 Å². The zero-order valence-electron chi connectivity index (χ0n) is 21.0. The number of aromatic carboxylic acids is 1. The third-order valence-corrected chi connectivity index (χ3v) is 7.54. The van der Waals surface area contributed by atoms with Crippen molar-refractivity contribution in [3.8, 4) is 5.75 Å². The van der Waals surface area contributed by atoms with E-state index in [2.05, 4.69) is 15.5 Å². The average molecular weight is 565 g/mol. The second-order valence-electron chi connectivity index (χ2n) is 9.71. The smallest absolute Gasteiger partial charge is 0.335 e. The summed E-state index contributed by atoms with van der Waals surface area (Å²) in [7, 11) is 0. The molecule has 6 rings (SSSR count). The van der Waals surface area contributed by atoms with E-state index in [1.54, 1.807) is 36.4 Å². The molecule has 2 aliphatic rings. The molecule has 0 bridgehead atoms. The molecule has 2 aromatic carbocycles. The molecule has 1 saturated heterocycles. The minimum Gasteiger partial charge on any atom is -0.486 e. The molecular weight excluding hydrogens is 539 g/mol. The summed E-state index contributed by atoms with van der Waals surface area (Å²) in [5, 5.41) is 10.5. The fourth-order valence-electron chi connectivity index (χ4n) is 4.86. The van der Waals surface area contributed by atoms with Gasteiger partial charge in [0.1, 0.15) is 18.2 Å². The highest BCUT2D eigenvalue weighted by atomic mass is 35.5. The Kier molecular flexibility index (Phi) is 7.27. The number of benzene rings is 2. The van der Waals surface area contributed by atoms with Crippen LogP contribution in [-0.4, -0.2) is 56.3 Å². The first-order valence-electron chi connectivity index (χ1n) is 12.7. The zero-order chi connectivity index (χ0) is 26.9. The van der Waals surface area contributed by atoms with Gasteiger partial charge in [0.25, 0.3) is 0 Å². The molecule has 10 heteroatoms. The topological polar surface area (TPSA) is 89.7 Å². The third-order valence-electron chi connectivity index (χ3n) is 7.01. The summed E-state index contributed by atoms with van der Waals surface area (Å²) in [5.41, 5.74) is 4.71. The second kappa shape index (κ2) is 11.0. The monoisotopic (exact) mass is 564 g/mol. The maximum atomic E-state index is 11.6. The molecular formula is C29H26Cl2N4O4. The molecule has 4 heterocycles. The lowest BCUT2D eigenvalue weighted by molar-refractivity contribution is -0.0591. The third kappa shape index (κ3) is 5.65. The van der Waals surface area contributed by atoms with Crippen LogP contribution in [0.25, 0.3) is 16.6 Å². The van der Waals surface area contributed by atoms with Crippen LogP contribution in [0.1, 0.15) is 34.0 Å². The van der Waals surface area contributed by atoms with E-state index in [4.69, 9.17) is 42.6 Å². The second-order valence-corrected chi connectivity index (χ2v) is 10.5. The van der Waals surface area contributed by atoms with Crippen LogP contribution in [0.15, 0.2) is 60.7 Å². The molecule has 0 aliphatic carbocycles. The molecule has 0 unspecified atom stereocenters. The van der Waals surface area contributed by atoms with E-state index < -0.39 is 5.97 Å². The normalized spacial score (nSPS) is 17.3. The van der Waals surface area contributed by atoms with E-state index in [0.717, 1.165) is 59.9 Å². The predicted octanol–water partition coefficient (Wildman–Crippen LogP) is 5.70. The van der Waals surface area contributed by atoms with Crippen molar-refractivity contribution in [2.75, 3.05) is 19.7 Å². The molecule has 1 atom stereocenters. The molecule has 0 radical (unpaired) electrons. The molecule has 39 heavy (non-hydrogen) atoms. The maximum absolute atomic E-state index is 11.6. The van der Waals surface area contributed by atoms with Gasteiger partial charge in [-0.2, -0.15) is 0 Å². The van der Waals surface area contributed by atoms with Crippen LogP contribution >= 0.6 is 23.2 Å². The van der Waals surface area contributed by atoms with E-state index in [1.165, 1.54) is 0 Å². The van der Waals surface area contributed by atoms with Gasteiger partial charge in [0.2, 0.25) is 0 Å². The molecule has 1 N–H and O–H groups in total. The Morgan fingerprint density at radius 3 is 2.77 bits per heavy atom. The number of carboxylic acids is 1. The van der Waals surface area contributed by atoms with Crippen LogP contribution in [0, 0.1) is 0 Å². The van der Waals surface area contributed by atoms with Gasteiger partial charge in [0, 0.05) is 24.7 Å². The van der Waals surface area contributed by atoms with Crippen molar-refractivity contribution in [3.63, 3.8) is 0 Å². The van der Waals surface area contributed by atoms with Crippen molar-refractivity contribution in [2.24, 2.45) is 0 Å². The number of imidazole rings is 1. The average Bonchev–Trinajstić information content (AvgIpc) is 3.50. The SMILES string of the molecule is O=C(O)c1ccc2nc(CN3CC=C(c4cccc(COc5ccc(Cl)cc5Cl)n4)C3)n(C[C@@H]3CCO3)c2c1. The number of fused-ring (bicyclic) bond motifs is 1. The predicted molar refractivity (Wildman–Crippen MR) is 149 cm³/mol. The number of halogens is 2. The number of pyridine rings is 1. The minimum absolute atomic E-state index is 0.124. The van der Waals surface area contributed by atoms with E-state index in [-0.39, 0.29) is 18.3 Å². The Balaban J connectivity index is 1.16. The van der Waals surface area contributed by atoms with Gasteiger partial charge in [0.05, 0.1) is 52.2 Å². The Morgan fingerprint density at radius 1 is 1.13 bits per heavy atom. The van der Waals surface area contributed by atoms with Crippen molar-refractivity contribution >= 4 is 45.8 Å². The van der Waals surface area contributed by atoms with Gasteiger partial charge < -0.3 is 19.1 Å². The first-order valence-corrected chi connectivity index (χ1v) is 13.5. The Bertz CT molecular complexity index is 1580. The highest BCUT2D eigenvalue weighted by Gasteiger charge is 2.25. The van der Waals surface area contributed by atoms with E-state index in [9.17, 15) is 9.90 Å². The van der Waals surface area contributed by atoms with Gasteiger partial charge in [-0.25, -0.2) is 14.8 Å². The number of rotatable bonds is 9. The number of hydrogen-bond acceptors (Lipinski definition) is 6. The summed E-state index contributed by atoms with van der Waals surface area (Å²) in [6.07, 6.45) is 3.30. The Hall–Kier alpha value is -3.43. The Morgan fingerprint density at radius 2 is 2.00 bits per heavy atom. The van der Waals surface area contributed by atoms with Crippen LogP contribution in [0.5, 0.6) is 5.75 Å². The van der Waals surface area contributed by atoms with Crippen molar-refractivity contribution in [3.05, 3.63) is 93.5 Å². The van der Waals surface area contributed by atoms with Gasteiger partial charge in [-0.1, -0.05) is 35.3 Å². The first kappa shape index (κ1) is 25.8. The van der Waals surface area contributed by atoms with E-state index in [1.807, 2.05) is 18.2 Å². The molecule has 2 aromatic heterocycles. The van der Waals surface area contributed by atoms with Gasteiger partial charge in [-0.15, -0.1) is 0 Å². The van der Waals surface area contributed by atoms with Gasteiger partial charge in [-0.05, 0) is 60.5 Å². The number of carboxylic acid groups (broad SMARTS) is 1. The summed E-state index contributed by atoms with van der Waals surface area (Å²) in [6.45, 7) is 3.82. The number of nitrogens with zero attached hydrogens (tertiary/aromatic N) is 4. The molecule has 200 valence electrons. The lowest BCUT2D eigenvalue weighted by Gasteiger charge is -2.28.